The fourth-order valence-electron chi connectivity index (χ4n) is 5.32. The van der Waals surface area contributed by atoms with Gasteiger partial charge in [0, 0.05) is 23.0 Å². The summed E-state index contributed by atoms with van der Waals surface area (Å²) in [6.07, 6.45) is 6.74. The first kappa shape index (κ1) is 19.5. The fraction of sp³-hybridized carbons (Fsp3) is 0.103. The maximum absolute atomic E-state index is 11.8. The summed E-state index contributed by atoms with van der Waals surface area (Å²) in [6, 6.07) is 27.0. The lowest BCUT2D eigenvalue weighted by molar-refractivity contribution is -0.138. The summed E-state index contributed by atoms with van der Waals surface area (Å²) in [6.45, 7) is 0. The predicted octanol–water partition coefficient (Wildman–Crippen LogP) is 6.62. The lowest BCUT2D eigenvalue weighted by atomic mass is 9.73. The molecule has 2 atom stereocenters. The summed E-state index contributed by atoms with van der Waals surface area (Å²) in [4.78, 5) is 14.1. The van der Waals surface area contributed by atoms with Crippen LogP contribution in [0.2, 0.25) is 0 Å². The molecular formula is C29H22N2O2. The molecule has 0 spiro atoms. The van der Waals surface area contributed by atoms with E-state index >= 15 is 0 Å². The lowest BCUT2D eigenvalue weighted by Crippen LogP contribution is -2.30. The number of anilines is 3. The Balaban J connectivity index is 1.52. The van der Waals surface area contributed by atoms with Crippen LogP contribution in [0.15, 0.2) is 103 Å². The first-order valence-corrected chi connectivity index (χ1v) is 11.1. The third-order valence-electron chi connectivity index (χ3n) is 6.75. The molecule has 0 radical (unpaired) electrons. The van der Waals surface area contributed by atoms with Crippen LogP contribution in [0.25, 0.3) is 11.1 Å². The summed E-state index contributed by atoms with van der Waals surface area (Å²) in [5, 5.41) is 18.2. The van der Waals surface area contributed by atoms with Gasteiger partial charge in [-0.05, 0) is 70.7 Å². The Morgan fingerprint density at radius 1 is 0.788 bits per heavy atom. The molecule has 0 saturated carbocycles. The number of benzene rings is 3. The smallest absolute Gasteiger partial charge is 0.316 e. The van der Waals surface area contributed by atoms with E-state index in [1.165, 1.54) is 5.57 Å². The highest BCUT2D eigenvalue weighted by atomic mass is 16.4. The van der Waals surface area contributed by atoms with Gasteiger partial charge in [0.15, 0.2) is 0 Å². The number of aliphatic carboxylic acids is 1. The Kier molecular flexibility index (Phi) is 4.40. The molecule has 3 aliphatic rings. The van der Waals surface area contributed by atoms with Gasteiger partial charge in [-0.25, -0.2) is 0 Å². The first-order valence-electron chi connectivity index (χ1n) is 11.1. The van der Waals surface area contributed by atoms with Crippen LogP contribution in [0.3, 0.4) is 0 Å². The molecule has 2 unspecified atom stereocenters. The van der Waals surface area contributed by atoms with Crippen LogP contribution >= 0.6 is 0 Å². The van der Waals surface area contributed by atoms with Crippen molar-refractivity contribution in [2.45, 2.75) is 6.42 Å². The number of allylic oxidation sites excluding steroid dienone is 5. The minimum atomic E-state index is -0.965. The highest BCUT2D eigenvalue weighted by Gasteiger charge is 2.43. The van der Waals surface area contributed by atoms with Gasteiger partial charge in [-0.1, -0.05) is 60.7 Å². The lowest BCUT2D eigenvalue weighted by Gasteiger charge is -2.29. The molecule has 0 fully saturated rings. The number of nitrogens with zero attached hydrogens (tertiary/aromatic N) is 1. The highest BCUT2D eigenvalue weighted by Crippen LogP contribution is 2.55. The monoisotopic (exact) mass is 430 g/mol. The van der Waals surface area contributed by atoms with Crippen LogP contribution in [0.1, 0.15) is 17.5 Å². The summed E-state index contributed by atoms with van der Waals surface area (Å²) in [7, 11) is 0. The van der Waals surface area contributed by atoms with Gasteiger partial charge in [0.1, 0.15) is 5.92 Å². The Labute approximate surface area is 192 Å². The Morgan fingerprint density at radius 3 is 2.06 bits per heavy atom. The maximum atomic E-state index is 11.8. The van der Waals surface area contributed by atoms with Crippen LogP contribution < -0.4 is 4.90 Å². The molecule has 4 heteroatoms. The van der Waals surface area contributed by atoms with Gasteiger partial charge in [-0.3, -0.25) is 4.79 Å². The average Bonchev–Trinajstić information content (AvgIpc) is 3.16. The quantitative estimate of drug-likeness (QED) is 0.489. The number of nitrogens with one attached hydrogen (secondary N) is 1. The van der Waals surface area contributed by atoms with Crippen LogP contribution in [-0.4, -0.2) is 16.8 Å². The molecule has 33 heavy (non-hydrogen) atoms. The van der Waals surface area contributed by atoms with E-state index < -0.39 is 11.9 Å². The SMILES string of the molecule is N=C1C2=CCC=C3c4cc(N(c5ccccc5)c5ccccc5)ccc4C(=CC1C(=O)O)C23. The standard InChI is InChI=1S/C29H22N2O2/c30-28-23-13-7-12-22-24-16-20(14-15-21(24)25(27(22)23)17-26(28)29(32)33)31(18-8-3-1-4-9-18)19-10-5-2-6-11-19/h1-6,8-17,26-27,30H,7H2,(H,32,33). The normalized spacial score (nSPS) is 20.2. The van der Waals surface area contributed by atoms with Crippen LogP contribution in [-0.2, 0) is 4.79 Å². The third-order valence-corrected chi connectivity index (χ3v) is 6.75. The van der Waals surface area contributed by atoms with Crippen molar-refractivity contribution in [1.82, 2.24) is 0 Å². The molecule has 0 bridgehead atoms. The Bertz CT molecular complexity index is 1340. The second kappa shape index (κ2) is 7.45. The molecule has 3 aromatic rings. The van der Waals surface area contributed by atoms with Crippen LogP contribution in [0.5, 0.6) is 0 Å². The van der Waals surface area contributed by atoms with E-state index in [4.69, 9.17) is 5.41 Å². The minimum absolute atomic E-state index is 0.0333. The zero-order chi connectivity index (χ0) is 22.5. The number of carbonyl (C=O) groups is 1. The van der Waals surface area contributed by atoms with Gasteiger partial charge in [0.25, 0.3) is 0 Å². The van der Waals surface area contributed by atoms with E-state index in [1.54, 1.807) is 6.08 Å². The van der Waals surface area contributed by atoms with Gasteiger partial charge in [0.2, 0.25) is 0 Å². The van der Waals surface area contributed by atoms with Crippen molar-refractivity contribution in [3.05, 3.63) is 114 Å². The first-order chi connectivity index (χ1) is 16.1. The number of para-hydroxylation sites is 2. The van der Waals surface area contributed by atoms with Crippen molar-refractivity contribution in [2.24, 2.45) is 11.8 Å². The van der Waals surface area contributed by atoms with Gasteiger partial charge < -0.3 is 15.4 Å². The molecule has 160 valence electrons. The second-order valence-electron chi connectivity index (χ2n) is 8.58. The molecular weight excluding hydrogens is 408 g/mol. The van der Waals surface area contributed by atoms with Crippen molar-refractivity contribution >= 4 is 39.9 Å². The van der Waals surface area contributed by atoms with Crippen molar-refractivity contribution < 1.29 is 9.90 Å². The van der Waals surface area contributed by atoms with E-state index in [1.807, 2.05) is 42.5 Å². The largest absolute Gasteiger partial charge is 0.481 e. The summed E-state index contributed by atoms with van der Waals surface area (Å²) < 4.78 is 0. The predicted molar refractivity (Wildman–Crippen MR) is 132 cm³/mol. The number of hydrogen-bond donors (Lipinski definition) is 2. The van der Waals surface area contributed by atoms with E-state index in [-0.39, 0.29) is 11.6 Å². The molecule has 0 aliphatic heterocycles. The van der Waals surface area contributed by atoms with E-state index in [2.05, 4.69) is 53.4 Å². The van der Waals surface area contributed by atoms with Gasteiger partial charge >= 0.3 is 5.97 Å². The van der Waals surface area contributed by atoms with Crippen LogP contribution in [0.4, 0.5) is 17.1 Å². The third kappa shape index (κ3) is 2.99. The average molecular weight is 431 g/mol. The maximum Gasteiger partial charge on any atom is 0.316 e. The number of hydrogen-bond acceptors (Lipinski definition) is 3. The van der Waals surface area contributed by atoms with Gasteiger partial charge in [-0.2, -0.15) is 0 Å². The van der Waals surface area contributed by atoms with E-state index in [0.717, 1.165) is 39.3 Å². The summed E-state index contributed by atoms with van der Waals surface area (Å²) >= 11 is 0. The second-order valence-corrected chi connectivity index (χ2v) is 8.58. The molecule has 2 N–H and O–H groups in total. The Hall–Kier alpha value is -4.18. The highest BCUT2D eigenvalue weighted by molar-refractivity contribution is 6.19. The topological polar surface area (TPSA) is 64.4 Å². The molecule has 6 rings (SSSR count). The van der Waals surface area contributed by atoms with E-state index in [9.17, 15) is 9.90 Å². The van der Waals surface area contributed by atoms with E-state index in [0.29, 0.717) is 6.42 Å². The van der Waals surface area contributed by atoms with Crippen molar-refractivity contribution in [3.8, 4) is 0 Å². The summed E-state index contributed by atoms with van der Waals surface area (Å²) in [5.74, 6) is -1.89. The number of fused-ring (bicyclic) bond motifs is 3. The number of rotatable bonds is 4. The number of carboxylic acid groups (broad SMARTS) is 1. The zero-order valence-corrected chi connectivity index (χ0v) is 17.9. The molecule has 0 saturated heterocycles. The fourth-order valence-corrected chi connectivity index (χ4v) is 5.32. The minimum Gasteiger partial charge on any atom is -0.481 e. The van der Waals surface area contributed by atoms with Crippen molar-refractivity contribution in [2.75, 3.05) is 4.90 Å². The van der Waals surface area contributed by atoms with Crippen molar-refractivity contribution in [1.29, 1.82) is 5.41 Å². The molecule has 0 heterocycles. The zero-order valence-electron chi connectivity index (χ0n) is 17.9. The van der Waals surface area contributed by atoms with Gasteiger partial charge in [-0.15, -0.1) is 0 Å². The molecule has 0 aromatic heterocycles. The number of carboxylic acids is 1. The molecule has 4 nitrogen and oxygen atoms in total. The molecule has 3 aliphatic carbocycles. The Morgan fingerprint density at radius 2 is 1.42 bits per heavy atom. The molecule has 3 aromatic carbocycles. The van der Waals surface area contributed by atoms with Crippen molar-refractivity contribution in [3.63, 3.8) is 0 Å². The van der Waals surface area contributed by atoms with Crippen LogP contribution in [0, 0.1) is 17.2 Å². The molecule has 0 amide bonds. The summed E-state index contributed by atoms with van der Waals surface area (Å²) in [5.41, 5.74) is 8.66. The van der Waals surface area contributed by atoms with Gasteiger partial charge in [0.05, 0.1) is 5.71 Å².